The number of nitrogens with one attached hydrogen (secondary N) is 2. The number of amides is 4. The topological polar surface area (TPSA) is 200 Å². The fraction of sp³-hybridized carbons (Fsp3) is 0.474. The number of carbonyl (C=O) groups is 4. The lowest BCUT2D eigenvalue weighted by molar-refractivity contribution is -0.135. The molecule has 4 amide bonds. The standard InChI is InChI=1S/C38H44F2N12O5/c1-47(23-12-14-49(15-13-23)27-4-3-5-28-32(27)48(2)38(57)52(28)29-10-11-30(53)45-37(29)56)18-21-6-8-24(9-7-21)50-20-26(31(46-50)33(39)40)44-36(55)25-17-43-51-19-22(34(41)54)16-42-35(25)51/h3-5,16-17,19-21,23-24,29,33H,6-15,18H2,1-2H3,(H2,41,54)(H,44,55)(H,45,53,56)/t21-,24-,29?. The lowest BCUT2D eigenvalue weighted by Crippen LogP contribution is -2.45. The summed E-state index contributed by atoms with van der Waals surface area (Å²) in [5, 5.41) is 13.2. The summed E-state index contributed by atoms with van der Waals surface area (Å²) in [6.45, 7) is 2.51. The van der Waals surface area contributed by atoms with E-state index in [0.29, 0.717) is 17.5 Å². The Hall–Kier alpha value is -5.98. The number of imide groups is 1. The van der Waals surface area contributed by atoms with Crippen LogP contribution in [0.3, 0.4) is 0 Å². The molecule has 4 aromatic heterocycles. The lowest BCUT2D eigenvalue weighted by atomic mass is 9.85. The first-order valence-corrected chi connectivity index (χ1v) is 19.2. The Morgan fingerprint density at radius 1 is 1.04 bits per heavy atom. The zero-order chi connectivity index (χ0) is 40.1. The molecule has 300 valence electrons. The van der Waals surface area contributed by atoms with Gasteiger partial charge < -0.3 is 20.9 Å². The van der Waals surface area contributed by atoms with Crippen molar-refractivity contribution in [3.05, 3.63) is 70.3 Å². The van der Waals surface area contributed by atoms with Crippen LogP contribution >= 0.6 is 0 Å². The summed E-state index contributed by atoms with van der Waals surface area (Å²) in [6.07, 6.45) is 8.02. The number of alkyl halides is 2. The van der Waals surface area contributed by atoms with Crippen LogP contribution in [0.4, 0.5) is 20.2 Å². The van der Waals surface area contributed by atoms with Crippen LogP contribution in [0.25, 0.3) is 16.7 Å². The second-order valence-electron chi connectivity index (χ2n) is 15.4. The first kappa shape index (κ1) is 37.9. The molecule has 57 heavy (non-hydrogen) atoms. The van der Waals surface area contributed by atoms with E-state index in [0.717, 1.165) is 69.4 Å². The number of primary amides is 1. The number of anilines is 2. The molecule has 19 heteroatoms. The van der Waals surface area contributed by atoms with Crippen LogP contribution in [-0.4, -0.2) is 94.8 Å². The van der Waals surface area contributed by atoms with E-state index >= 15 is 0 Å². The number of carbonyl (C=O) groups excluding carboxylic acids is 4. The molecule has 1 unspecified atom stereocenters. The van der Waals surface area contributed by atoms with Gasteiger partial charge in [0.2, 0.25) is 11.8 Å². The van der Waals surface area contributed by atoms with E-state index in [1.807, 2.05) is 18.2 Å². The quantitative estimate of drug-likeness (QED) is 0.177. The van der Waals surface area contributed by atoms with E-state index in [-0.39, 0.29) is 52.9 Å². The first-order chi connectivity index (χ1) is 27.4. The molecule has 5 aromatic rings. The normalized spacial score (nSPS) is 20.9. The fourth-order valence-corrected chi connectivity index (χ4v) is 8.80. The summed E-state index contributed by atoms with van der Waals surface area (Å²) >= 11 is 0. The van der Waals surface area contributed by atoms with Gasteiger partial charge in [-0.15, -0.1) is 0 Å². The minimum absolute atomic E-state index is 0.0420. The van der Waals surface area contributed by atoms with E-state index in [2.05, 4.69) is 42.7 Å². The van der Waals surface area contributed by atoms with Crippen molar-refractivity contribution >= 4 is 51.7 Å². The van der Waals surface area contributed by atoms with Gasteiger partial charge in [-0.3, -0.25) is 38.3 Å². The molecule has 0 radical (unpaired) electrons. The lowest BCUT2D eigenvalue weighted by Gasteiger charge is -2.40. The van der Waals surface area contributed by atoms with Gasteiger partial charge in [0.05, 0.1) is 40.2 Å². The molecule has 0 bridgehead atoms. The predicted octanol–water partition coefficient (Wildman–Crippen LogP) is 3.18. The van der Waals surface area contributed by atoms with E-state index in [1.165, 1.54) is 33.9 Å². The Bertz CT molecular complexity index is 2440. The average Bonchev–Trinajstić information content (AvgIpc) is 3.89. The highest BCUT2D eigenvalue weighted by atomic mass is 19.3. The number of imidazole rings is 1. The number of hydrogen-bond donors (Lipinski definition) is 3. The number of para-hydroxylation sites is 1. The van der Waals surface area contributed by atoms with Gasteiger partial charge in [-0.05, 0) is 70.0 Å². The molecule has 2 aliphatic heterocycles. The van der Waals surface area contributed by atoms with Gasteiger partial charge >= 0.3 is 5.69 Å². The van der Waals surface area contributed by atoms with Gasteiger partial charge in [-0.1, -0.05) is 6.07 Å². The Kier molecular flexibility index (Phi) is 10.1. The zero-order valence-electron chi connectivity index (χ0n) is 31.6. The Balaban J connectivity index is 0.866. The largest absolute Gasteiger partial charge is 0.370 e. The Morgan fingerprint density at radius 2 is 1.79 bits per heavy atom. The predicted molar refractivity (Wildman–Crippen MR) is 204 cm³/mol. The van der Waals surface area contributed by atoms with Crippen LogP contribution < -0.4 is 27.0 Å². The van der Waals surface area contributed by atoms with Crippen LogP contribution in [0.5, 0.6) is 0 Å². The van der Waals surface area contributed by atoms with Crippen molar-refractivity contribution in [1.82, 2.24) is 43.7 Å². The van der Waals surface area contributed by atoms with Crippen molar-refractivity contribution in [1.29, 1.82) is 0 Å². The molecule has 1 aliphatic carbocycles. The second-order valence-corrected chi connectivity index (χ2v) is 15.4. The second kappa shape index (κ2) is 15.2. The van der Waals surface area contributed by atoms with E-state index in [9.17, 15) is 32.8 Å². The maximum Gasteiger partial charge on any atom is 0.329 e. The number of halogens is 2. The number of nitrogens with zero attached hydrogens (tertiary/aromatic N) is 9. The highest BCUT2D eigenvalue weighted by molar-refractivity contribution is 6.08. The summed E-state index contributed by atoms with van der Waals surface area (Å²) in [7, 11) is 3.88. The third-order valence-corrected chi connectivity index (χ3v) is 11.9. The van der Waals surface area contributed by atoms with Gasteiger partial charge in [0.15, 0.2) is 11.3 Å². The monoisotopic (exact) mass is 786 g/mol. The molecular weight excluding hydrogens is 742 g/mol. The molecule has 6 heterocycles. The molecule has 4 N–H and O–H groups in total. The van der Waals surface area contributed by atoms with Gasteiger partial charge in [-0.25, -0.2) is 23.1 Å². The van der Waals surface area contributed by atoms with Crippen LogP contribution in [0.1, 0.15) is 96.3 Å². The molecule has 0 spiro atoms. The minimum Gasteiger partial charge on any atom is -0.370 e. The molecular formula is C38H44F2N12O5. The maximum absolute atomic E-state index is 14.1. The van der Waals surface area contributed by atoms with Crippen molar-refractivity contribution in [2.75, 3.05) is 36.9 Å². The molecule has 3 fully saturated rings. The summed E-state index contributed by atoms with van der Waals surface area (Å²) in [5.41, 5.74) is 7.10. The zero-order valence-corrected chi connectivity index (χ0v) is 31.6. The molecule has 8 rings (SSSR count). The van der Waals surface area contributed by atoms with Crippen LogP contribution in [0.15, 0.2) is 47.8 Å². The number of nitrogens with two attached hydrogens (primary N) is 1. The number of hydrogen-bond acceptors (Lipinski definition) is 10. The van der Waals surface area contributed by atoms with Gasteiger partial charge in [0.1, 0.15) is 11.6 Å². The van der Waals surface area contributed by atoms with Gasteiger partial charge in [0, 0.05) is 57.7 Å². The summed E-state index contributed by atoms with van der Waals surface area (Å²) in [4.78, 5) is 71.4. The third kappa shape index (κ3) is 7.15. The molecule has 2 saturated heterocycles. The molecule has 1 aromatic carbocycles. The number of fused-ring (bicyclic) bond motifs is 2. The van der Waals surface area contributed by atoms with Crippen LogP contribution in [0.2, 0.25) is 0 Å². The van der Waals surface area contributed by atoms with Crippen molar-refractivity contribution in [3.8, 4) is 0 Å². The van der Waals surface area contributed by atoms with Crippen molar-refractivity contribution in [2.45, 2.75) is 75.9 Å². The molecule has 1 atom stereocenters. The SMILES string of the molecule is CN(C[C@H]1CC[C@H](n2cc(NC(=O)c3cnn4cc(C(N)=O)cnc34)c(C(F)F)n2)CC1)C1CCN(c2cccc3c2n(C)c(=O)n3C2CCC(=O)NC2=O)CC1. The average molecular weight is 787 g/mol. The highest BCUT2D eigenvalue weighted by Crippen LogP contribution is 2.37. The van der Waals surface area contributed by atoms with E-state index in [1.54, 1.807) is 16.3 Å². The summed E-state index contributed by atoms with van der Waals surface area (Å²) in [6, 6.07) is 5.32. The van der Waals surface area contributed by atoms with E-state index in [4.69, 9.17) is 5.73 Å². The third-order valence-electron chi connectivity index (χ3n) is 11.9. The minimum atomic E-state index is -2.91. The molecule has 17 nitrogen and oxygen atoms in total. The van der Waals surface area contributed by atoms with Crippen LogP contribution in [-0.2, 0) is 16.6 Å². The van der Waals surface area contributed by atoms with Crippen LogP contribution in [0, 0.1) is 5.92 Å². The molecule has 1 saturated carbocycles. The van der Waals surface area contributed by atoms with Gasteiger partial charge in [-0.2, -0.15) is 10.2 Å². The summed E-state index contributed by atoms with van der Waals surface area (Å²) in [5.74, 6) is -1.74. The summed E-state index contributed by atoms with van der Waals surface area (Å²) < 4.78 is 34.2. The van der Waals surface area contributed by atoms with Crippen molar-refractivity contribution in [2.24, 2.45) is 18.7 Å². The Morgan fingerprint density at radius 3 is 2.49 bits per heavy atom. The number of rotatable bonds is 10. The smallest absolute Gasteiger partial charge is 0.329 e. The van der Waals surface area contributed by atoms with E-state index < -0.39 is 35.9 Å². The fourth-order valence-electron chi connectivity index (χ4n) is 8.80. The van der Waals surface area contributed by atoms with Crippen molar-refractivity contribution < 1.29 is 28.0 Å². The number of aromatic nitrogens is 7. The van der Waals surface area contributed by atoms with Gasteiger partial charge in [0.25, 0.3) is 18.2 Å². The molecule has 3 aliphatic rings. The van der Waals surface area contributed by atoms with Crippen molar-refractivity contribution in [3.63, 3.8) is 0 Å². The number of aryl methyl sites for hydroxylation is 1. The number of benzene rings is 1. The first-order valence-electron chi connectivity index (χ1n) is 19.2. The number of piperidine rings is 2. The Labute approximate surface area is 324 Å². The highest BCUT2D eigenvalue weighted by Gasteiger charge is 2.34. The maximum atomic E-state index is 14.1.